The zero-order valence-corrected chi connectivity index (χ0v) is 13.2. The number of aryl methyl sites for hydroxylation is 1. The number of nitrogens with two attached hydrogens (primary N) is 1. The van der Waals surface area contributed by atoms with Crippen LogP contribution in [0.25, 0.3) is 0 Å². The first-order valence-corrected chi connectivity index (χ1v) is 8.87. The fraction of sp³-hybridized carbons (Fsp3) is 0.600. The first-order valence-electron chi connectivity index (χ1n) is 7.39. The SMILES string of the molecule is Cc1cc(S(=O)(=O)NC2CCOC2C2CC2)cc(N)c1C. The molecule has 1 aromatic rings. The molecule has 3 N–H and O–H groups in total. The van der Waals surface area contributed by atoms with Crippen LogP contribution in [0, 0.1) is 19.8 Å². The molecule has 2 fully saturated rings. The smallest absolute Gasteiger partial charge is 0.240 e. The highest BCUT2D eigenvalue weighted by Gasteiger charge is 2.42. The van der Waals surface area contributed by atoms with Crippen LogP contribution in [0.3, 0.4) is 0 Å². The first kappa shape index (κ1) is 14.8. The van der Waals surface area contributed by atoms with Crippen molar-refractivity contribution >= 4 is 15.7 Å². The number of nitrogens with one attached hydrogen (secondary N) is 1. The van der Waals surface area contributed by atoms with Gasteiger partial charge in [0.15, 0.2) is 0 Å². The number of hydrogen-bond donors (Lipinski definition) is 2. The normalized spacial score (nSPS) is 26.2. The molecule has 1 saturated heterocycles. The summed E-state index contributed by atoms with van der Waals surface area (Å²) in [6, 6.07) is 3.09. The van der Waals surface area contributed by atoms with Gasteiger partial charge in [-0.25, -0.2) is 13.1 Å². The Hall–Kier alpha value is -1.11. The van der Waals surface area contributed by atoms with E-state index in [4.69, 9.17) is 10.5 Å². The van der Waals surface area contributed by atoms with Crippen LogP contribution < -0.4 is 10.5 Å². The average molecular weight is 310 g/mol. The predicted molar refractivity (Wildman–Crippen MR) is 81.5 cm³/mol. The molecule has 2 atom stereocenters. The minimum Gasteiger partial charge on any atom is -0.398 e. The summed E-state index contributed by atoms with van der Waals surface area (Å²) in [4.78, 5) is 0.240. The number of anilines is 1. The number of hydrogen-bond acceptors (Lipinski definition) is 4. The van der Waals surface area contributed by atoms with E-state index in [-0.39, 0.29) is 17.0 Å². The van der Waals surface area contributed by atoms with Crippen LogP contribution >= 0.6 is 0 Å². The molecule has 0 bridgehead atoms. The van der Waals surface area contributed by atoms with E-state index < -0.39 is 10.0 Å². The summed E-state index contributed by atoms with van der Waals surface area (Å²) in [5, 5.41) is 0. The Morgan fingerprint density at radius 2 is 1.95 bits per heavy atom. The standard InChI is InChI=1S/C15H22N2O3S/c1-9-7-12(8-13(16)10(9)2)21(18,19)17-14-5-6-20-15(14)11-3-4-11/h7-8,11,14-15,17H,3-6,16H2,1-2H3. The third-order valence-corrected chi connectivity index (χ3v) is 5.99. The molecule has 0 radical (unpaired) electrons. The molecule has 0 spiro atoms. The number of benzene rings is 1. The lowest BCUT2D eigenvalue weighted by Crippen LogP contribution is -2.41. The Kier molecular flexibility index (Phi) is 3.71. The van der Waals surface area contributed by atoms with Crippen molar-refractivity contribution in [2.75, 3.05) is 12.3 Å². The third-order valence-electron chi connectivity index (χ3n) is 4.52. The molecular weight excluding hydrogens is 288 g/mol. The van der Waals surface area contributed by atoms with Crippen molar-refractivity contribution in [3.8, 4) is 0 Å². The van der Waals surface area contributed by atoms with E-state index in [2.05, 4.69) is 4.72 Å². The maximum atomic E-state index is 12.6. The van der Waals surface area contributed by atoms with E-state index in [1.165, 1.54) is 6.07 Å². The van der Waals surface area contributed by atoms with E-state index in [9.17, 15) is 8.42 Å². The molecule has 1 aliphatic carbocycles. The average Bonchev–Trinajstić information content (AvgIpc) is 3.16. The number of ether oxygens (including phenoxy) is 1. The van der Waals surface area contributed by atoms with Crippen molar-refractivity contribution in [1.82, 2.24) is 4.72 Å². The van der Waals surface area contributed by atoms with Gasteiger partial charge in [-0.2, -0.15) is 0 Å². The number of sulfonamides is 1. The van der Waals surface area contributed by atoms with E-state index >= 15 is 0 Å². The predicted octanol–water partition coefficient (Wildman–Crippen LogP) is 1.73. The van der Waals surface area contributed by atoms with Crippen molar-refractivity contribution in [1.29, 1.82) is 0 Å². The molecule has 1 heterocycles. The van der Waals surface area contributed by atoms with Gasteiger partial charge in [0.25, 0.3) is 0 Å². The van der Waals surface area contributed by atoms with E-state index in [0.717, 1.165) is 30.4 Å². The van der Waals surface area contributed by atoms with Crippen LogP contribution in [0.2, 0.25) is 0 Å². The van der Waals surface area contributed by atoms with Gasteiger partial charge in [0.1, 0.15) is 0 Å². The fourth-order valence-corrected chi connectivity index (χ4v) is 4.30. The minimum atomic E-state index is -3.55. The highest BCUT2D eigenvalue weighted by atomic mass is 32.2. The summed E-state index contributed by atoms with van der Waals surface area (Å²) in [6.45, 7) is 4.39. The Bertz CT molecular complexity index is 630. The highest BCUT2D eigenvalue weighted by Crippen LogP contribution is 2.39. The van der Waals surface area contributed by atoms with Gasteiger partial charge in [0.05, 0.1) is 17.0 Å². The van der Waals surface area contributed by atoms with Crippen molar-refractivity contribution < 1.29 is 13.2 Å². The van der Waals surface area contributed by atoms with Gasteiger partial charge >= 0.3 is 0 Å². The number of rotatable bonds is 4. The molecule has 2 aliphatic rings. The third kappa shape index (κ3) is 2.93. The van der Waals surface area contributed by atoms with Crippen molar-refractivity contribution in [2.45, 2.75) is 50.2 Å². The molecule has 21 heavy (non-hydrogen) atoms. The van der Waals surface area contributed by atoms with Crippen LogP contribution in [0.4, 0.5) is 5.69 Å². The van der Waals surface area contributed by atoms with Gasteiger partial charge < -0.3 is 10.5 Å². The van der Waals surface area contributed by atoms with Crippen LogP contribution in [-0.4, -0.2) is 27.2 Å². The van der Waals surface area contributed by atoms with E-state index in [0.29, 0.717) is 18.2 Å². The second-order valence-corrected chi connectivity index (χ2v) is 7.86. The summed E-state index contributed by atoms with van der Waals surface area (Å²) in [6.07, 6.45) is 3.04. The summed E-state index contributed by atoms with van der Waals surface area (Å²) >= 11 is 0. The summed E-state index contributed by atoms with van der Waals surface area (Å²) in [5.74, 6) is 0.519. The minimum absolute atomic E-state index is 0.0312. The van der Waals surface area contributed by atoms with Crippen molar-refractivity contribution in [2.24, 2.45) is 5.92 Å². The Labute approximate surface area is 125 Å². The van der Waals surface area contributed by atoms with Gasteiger partial charge in [-0.1, -0.05) is 0 Å². The Morgan fingerprint density at radius 3 is 2.57 bits per heavy atom. The molecule has 116 valence electrons. The molecule has 2 unspecified atom stereocenters. The molecule has 1 aromatic carbocycles. The fourth-order valence-electron chi connectivity index (χ4n) is 2.90. The number of nitrogen functional groups attached to an aromatic ring is 1. The summed E-state index contributed by atoms with van der Waals surface area (Å²) in [5.41, 5.74) is 8.22. The maximum absolute atomic E-state index is 12.6. The maximum Gasteiger partial charge on any atom is 0.240 e. The molecule has 0 aromatic heterocycles. The first-order chi connectivity index (χ1) is 9.88. The molecule has 6 heteroatoms. The largest absolute Gasteiger partial charge is 0.398 e. The zero-order valence-electron chi connectivity index (χ0n) is 12.4. The zero-order chi connectivity index (χ0) is 15.2. The second-order valence-electron chi connectivity index (χ2n) is 6.14. The molecular formula is C15H22N2O3S. The van der Waals surface area contributed by atoms with Gasteiger partial charge in [-0.15, -0.1) is 0 Å². The lowest BCUT2D eigenvalue weighted by atomic mass is 10.1. The van der Waals surface area contributed by atoms with Crippen LogP contribution in [-0.2, 0) is 14.8 Å². The summed E-state index contributed by atoms with van der Waals surface area (Å²) < 4.78 is 33.6. The van der Waals surface area contributed by atoms with Crippen LogP contribution in [0.1, 0.15) is 30.4 Å². The topological polar surface area (TPSA) is 81.4 Å². The van der Waals surface area contributed by atoms with Crippen molar-refractivity contribution in [3.63, 3.8) is 0 Å². The van der Waals surface area contributed by atoms with Gasteiger partial charge in [0, 0.05) is 12.3 Å². The molecule has 3 rings (SSSR count). The van der Waals surface area contributed by atoms with E-state index in [1.807, 2.05) is 13.8 Å². The highest BCUT2D eigenvalue weighted by molar-refractivity contribution is 7.89. The van der Waals surface area contributed by atoms with Gasteiger partial charge in [0.2, 0.25) is 10.0 Å². The molecule has 0 amide bonds. The quantitative estimate of drug-likeness (QED) is 0.830. The monoisotopic (exact) mass is 310 g/mol. The molecule has 1 aliphatic heterocycles. The van der Waals surface area contributed by atoms with E-state index in [1.54, 1.807) is 6.07 Å². The summed E-state index contributed by atoms with van der Waals surface area (Å²) in [7, 11) is -3.55. The lowest BCUT2D eigenvalue weighted by molar-refractivity contribution is 0.0848. The lowest BCUT2D eigenvalue weighted by Gasteiger charge is -2.20. The second kappa shape index (κ2) is 5.26. The van der Waals surface area contributed by atoms with Crippen LogP contribution in [0.5, 0.6) is 0 Å². The molecule has 5 nitrogen and oxygen atoms in total. The molecule has 1 saturated carbocycles. The Balaban J connectivity index is 1.83. The van der Waals surface area contributed by atoms with Gasteiger partial charge in [-0.3, -0.25) is 0 Å². The van der Waals surface area contributed by atoms with Crippen LogP contribution in [0.15, 0.2) is 17.0 Å². The van der Waals surface area contributed by atoms with Crippen molar-refractivity contribution in [3.05, 3.63) is 23.3 Å². The van der Waals surface area contributed by atoms with Gasteiger partial charge in [-0.05, 0) is 62.3 Å². The Morgan fingerprint density at radius 1 is 1.24 bits per heavy atom.